The number of aryl methyl sites for hydroxylation is 1. The van der Waals surface area contributed by atoms with E-state index in [-0.39, 0.29) is 12.2 Å². The van der Waals surface area contributed by atoms with Gasteiger partial charge in [0.05, 0.1) is 6.54 Å². The quantitative estimate of drug-likeness (QED) is 0.929. The molecular weight excluding hydrogens is 284 g/mol. The average Bonchev–Trinajstić information content (AvgIpc) is 2.65. The van der Waals surface area contributed by atoms with Crippen molar-refractivity contribution in [1.82, 2.24) is 4.90 Å². The average molecular weight is 299 g/mol. The second kappa shape index (κ2) is 5.06. The number of hydrogen-bond acceptors (Lipinski definition) is 3. The first-order valence-corrected chi connectivity index (χ1v) is 6.30. The first-order chi connectivity index (χ1) is 8.10. The molecule has 0 radical (unpaired) electrons. The summed E-state index contributed by atoms with van der Waals surface area (Å²) in [6.45, 7) is 3.55. The van der Waals surface area contributed by atoms with Crippen molar-refractivity contribution in [2.75, 3.05) is 13.1 Å². The third-order valence-corrected chi connectivity index (χ3v) is 3.38. The van der Waals surface area contributed by atoms with E-state index in [0.29, 0.717) is 19.6 Å². The van der Waals surface area contributed by atoms with E-state index in [1.54, 1.807) is 4.90 Å². The molecule has 2 N–H and O–H groups in total. The highest BCUT2D eigenvalue weighted by atomic mass is 79.9. The van der Waals surface area contributed by atoms with Crippen LogP contribution in [-0.2, 0) is 11.3 Å². The van der Waals surface area contributed by atoms with Gasteiger partial charge in [0.1, 0.15) is 6.10 Å². The Morgan fingerprint density at radius 2 is 2.35 bits per heavy atom. The smallest absolute Gasteiger partial charge is 0.410 e. The normalized spacial score (nSPS) is 19.6. The predicted molar refractivity (Wildman–Crippen MR) is 68.6 cm³/mol. The topological polar surface area (TPSA) is 55.6 Å². The predicted octanol–water partition coefficient (Wildman–Crippen LogP) is 2.04. The molecule has 0 aliphatic carbocycles. The number of cyclic esters (lactones) is 1. The van der Waals surface area contributed by atoms with Crippen LogP contribution in [-0.4, -0.2) is 30.2 Å². The fourth-order valence-electron chi connectivity index (χ4n) is 1.84. The Kier molecular flexibility index (Phi) is 3.69. The number of benzene rings is 1. The van der Waals surface area contributed by atoms with E-state index in [0.717, 1.165) is 15.6 Å². The van der Waals surface area contributed by atoms with Crippen LogP contribution in [0.3, 0.4) is 0 Å². The Bertz CT molecular complexity index is 437. The summed E-state index contributed by atoms with van der Waals surface area (Å²) in [5.74, 6) is 0. The minimum Gasteiger partial charge on any atom is -0.443 e. The lowest BCUT2D eigenvalue weighted by Gasteiger charge is -2.14. The molecule has 1 aliphatic heterocycles. The van der Waals surface area contributed by atoms with E-state index < -0.39 is 0 Å². The highest BCUT2D eigenvalue weighted by Crippen LogP contribution is 2.20. The third-order valence-electron chi connectivity index (χ3n) is 2.88. The molecule has 0 aromatic heterocycles. The summed E-state index contributed by atoms with van der Waals surface area (Å²) >= 11 is 3.43. The molecule has 92 valence electrons. The van der Waals surface area contributed by atoms with Crippen molar-refractivity contribution in [1.29, 1.82) is 0 Å². The van der Waals surface area contributed by atoms with Crippen molar-refractivity contribution in [2.24, 2.45) is 5.73 Å². The highest BCUT2D eigenvalue weighted by molar-refractivity contribution is 9.10. The van der Waals surface area contributed by atoms with Gasteiger partial charge in [-0.2, -0.15) is 0 Å². The molecule has 1 amide bonds. The molecule has 0 spiro atoms. The molecule has 5 heteroatoms. The highest BCUT2D eigenvalue weighted by Gasteiger charge is 2.30. The van der Waals surface area contributed by atoms with Crippen molar-refractivity contribution in [2.45, 2.75) is 19.6 Å². The molecule has 0 saturated carbocycles. The summed E-state index contributed by atoms with van der Waals surface area (Å²) < 4.78 is 6.13. The summed E-state index contributed by atoms with van der Waals surface area (Å²) in [7, 11) is 0. The van der Waals surface area contributed by atoms with Gasteiger partial charge in [-0.15, -0.1) is 0 Å². The summed E-state index contributed by atoms with van der Waals surface area (Å²) in [4.78, 5) is 13.3. The van der Waals surface area contributed by atoms with Crippen LogP contribution >= 0.6 is 15.9 Å². The number of carbonyl (C=O) groups is 1. The van der Waals surface area contributed by atoms with Crippen LogP contribution in [0.15, 0.2) is 22.7 Å². The molecular formula is C12H15BrN2O2. The van der Waals surface area contributed by atoms with E-state index in [1.165, 1.54) is 0 Å². The van der Waals surface area contributed by atoms with Gasteiger partial charge < -0.3 is 15.4 Å². The SMILES string of the molecule is Cc1ccc(Br)cc1CN1CC(CN)OC1=O. The zero-order valence-electron chi connectivity index (χ0n) is 9.65. The summed E-state index contributed by atoms with van der Waals surface area (Å²) in [6, 6.07) is 6.05. The molecule has 2 rings (SSSR count). The molecule has 1 saturated heterocycles. The van der Waals surface area contributed by atoms with Gasteiger partial charge in [0.15, 0.2) is 0 Å². The maximum atomic E-state index is 11.6. The van der Waals surface area contributed by atoms with E-state index in [2.05, 4.69) is 15.9 Å². The summed E-state index contributed by atoms with van der Waals surface area (Å²) in [5, 5.41) is 0. The molecule has 17 heavy (non-hydrogen) atoms. The Labute approximate surface area is 109 Å². The van der Waals surface area contributed by atoms with Gasteiger partial charge in [-0.05, 0) is 30.2 Å². The molecule has 1 heterocycles. The monoisotopic (exact) mass is 298 g/mol. The molecule has 4 nitrogen and oxygen atoms in total. The molecule has 1 aromatic rings. The van der Waals surface area contributed by atoms with Crippen LogP contribution in [0.5, 0.6) is 0 Å². The van der Waals surface area contributed by atoms with Crippen molar-refractivity contribution >= 4 is 22.0 Å². The van der Waals surface area contributed by atoms with Gasteiger partial charge in [0.25, 0.3) is 0 Å². The second-order valence-electron chi connectivity index (χ2n) is 4.19. The van der Waals surface area contributed by atoms with Gasteiger partial charge in [0, 0.05) is 17.6 Å². The third kappa shape index (κ3) is 2.79. The fraction of sp³-hybridized carbons (Fsp3) is 0.417. The Morgan fingerprint density at radius 3 is 3.00 bits per heavy atom. The minimum absolute atomic E-state index is 0.171. The molecule has 1 unspecified atom stereocenters. The van der Waals surface area contributed by atoms with Crippen LogP contribution in [0.25, 0.3) is 0 Å². The van der Waals surface area contributed by atoms with Crippen molar-refractivity contribution in [3.05, 3.63) is 33.8 Å². The van der Waals surface area contributed by atoms with Gasteiger partial charge >= 0.3 is 6.09 Å². The van der Waals surface area contributed by atoms with Gasteiger partial charge in [0.2, 0.25) is 0 Å². The maximum absolute atomic E-state index is 11.6. The largest absolute Gasteiger partial charge is 0.443 e. The first kappa shape index (κ1) is 12.4. The Hall–Kier alpha value is -1.07. The second-order valence-corrected chi connectivity index (χ2v) is 5.11. The van der Waals surface area contributed by atoms with Gasteiger partial charge in [-0.1, -0.05) is 22.0 Å². The van der Waals surface area contributed by atoms with Crippen molar-refractivity contribution in [3.8, 4) is 0 Å². The molecule has 1 aromatic carbocycles. The standard InChI is InChI=1S/C12H15BrN2O2/c1-8-2-3-10(13)4-9(8)6-15-7-11(5-14)17-12(15)16/h2-4,11H,5-7,14H2,1H3. The molecule has 1 atom stereocenters. The van der Waals surface area contributed by atoms with Crippen LogP contribution < -0.4 is 5.73 Å². The van der Waals surface area contributed by atoms with Crippen LogP contribution in [0.4, 0.5) is 4.79 Å². The number of carbonyl (C=O) groups excluding carboxylic acids is 1. The lowest BCUT2D eigenvalue weighted by molar-refractivity contribution is 0.134. The number of amides is 1. The number of nitrogens with two attached hydrogens (primary N) is 1. The number of hydrogen-bond donors (Lipinski definition) is 1. The van der Waals surface area contributed by atoms with Crippen LogP contribution in [0.1, 0.15) is 11.1 Å². The number of halogens is 1. The lowest BCUT2D eigenvalue weighted by Crippen LogP contribution is -2.27. The van der Waals surface area contributed by atoms with Crippen LogP contribution in [0, 0.1) is 6.92 Å². The Balaban J connectivity index is 2.11. The molecule has 1 fully saturated rings. The lowest BCUT2D eigenvalue weighted by atomic mass is 10.1. The molecule has 0 bridgehead atoms. The number of nitrogens with zero attached hydrogens (tertiary/aromatic N) is 1. The Morgan fingerprint density at radius 1 is 1.59 bits per heavy atom. The van der Waals surface area contributed by atoms with E-state index >= 15 is 0 Å². The molecule has 1 aliphatic rings. The van der Waals surface area contributed by atoms with E-state index in [1.807, 2.05) is 25.1 Å². The van der Waals surface area contributed by atoms with Crippen molar-refractivity contribution in [3.63, 3.8) is 0 Å². The summed E-state index contributed by atoms with van der Waals surface area (Å²) in [6.07, 6.45) is -0.449. The van der Waals surface area contributed by atoms with Gasteiger partial charge in [-0.25, -0.2) is 4.79 Å². The van der Waals surface area contributed by atoms with E-state index in [4.69, 9.17) is 10.5 Å². The number of rotatable bonds is 3. The van der Waals surface area contributed by atoms with Crippen LogP contribution in [0.2, 0.25) is 0 Å². The zero-order valence-corrected chi connectivity index (χ0v) is 11.2. The summed E-state index contributed by atoms with van der Waals surface area (Å²) in [5.41, 5.74) is 7.78. The van der Waals surface area contributed by atoms with Gasteiger partial charge in [-0.3, -0.25) is 0 Å². The maximum Gasteiger partial charge on any atom is 0.410 e. The zero-order chi connectivity index (χ0) is 12.4. The van der Waals surface area contributed by atoms with Crippen molar-refractivity contribution < 1.29 is 9.53 Å². The fourth-order valence-corrected chi connectivity index (χ4v) is 2.25. The van der Waals surface area contributed by atoms with E-state index in [9.17, 15) is 4.79 Å². The minimum atomic E-state index is -0.278. The number of ether oxygens (including phenoxy) is 1. The first-order valence-electron chi connectivity index (χ1n) is 5.51.